The Labute approximate surface area is 112 Å². The van der Waals surface area contributed by atoms with Crippen LogP contribution >= 0.6 is 0 Å². The molecule has 3 nitrogen and oxygen atoms in total. The molecule has 0 unspecified atom stereocenters. The molecular formula is C16H16N2O. The van der Waals surface area contributed by atoms with Crippen molar-refractivity contribution in [2.45, 2.75) is 12.8 Å². The zero-order valence-corrected chi connectivity index (χ0v) is 10.6. The van der Waals surface area contributed by atoms with Gasteiger partial charge in [-0.3, -0.25) is 4.79 Å². The Bertz CT molecular complexity index is 593. The highest BCUT2D eigenvalue weighted by atomic mass is 16.1. The number of carbonyl (C=O) groups excluding carboxylic acids is 1. The maximum absolute atomic E-state index is 12.2. The van der Waals surface area contributed by atoms with Crippen molar-refractivity contribution in [2.75, 3.05) is 17.2 Å². The van der Waals surface area contributed by atoms with E-state index in [1.165, 1.54) is 5.56 Å². The fraction of sp³-hybridized carbons (Fsp3) is 0.188. The van der Waals surface area contributed by atoms with E-state index >= 15 is 0 Å². The van der Waals surface area contributed by atoms with E-state index in [9.17, 15) is 4.79 Å². The lowest BCUT2D eigenvalue weighted by molar-refractivity contribution is 0.102. The Hall–Kier alpha value is -2.29. The van der Waals surface area contributed by atoms with E-state index < -0.39 is 0 Å². The van der Waals surface area contributed by atoms with E-state index in [-0.39, 0.29) is 5.91 Å². The Morgan fingerprint density at radius 2 is 1.89 bits per heavy atom. The molecular weight excluding hydrogens is 236 g/mol. The number of nitrogens with one attached hydrogen (secondary N) is 2. The second-order valence-corrected chi connectivity index (χ2v) is 4.69. The van der Waals surface area contributed by atoms with Crippen LogP contribution in [0.1, 0.15) is 22.3 Å². The topological polar surface area (TPSA) is 41.1 Å². The molecule has 1 aliphatic rings. The zero-order chi connectivity index (χ0) is 13.1. The Morgan fingerprint density at radius 1 is 1.05 bits per heavy atom. The van der Waals surface area contributed by atoms with Crippen molar-refractivity contribution in [3.05, 3.63) is 59.7 Å². The van der Waals surface area contributed by atoms with Crippen molar-refractivity contribution in [3.8, 4) is 0 Å². The van der Waals surface area contributed by atoms with Gasteiger partial charge in [0, 0.05) is 12.1 Å². The van der Waals surface area contributed by atoms with Crippen LogP contribution < -0.4 is 10.6 Å². The van der Waals surface area contributed by atoms with E-state index in [1.54, 1.807) is 0 Å². The molecule has 0 radical (unpaired) electrons. The molecule has 3 heteroatoms. The zero-order valence-electron chi connectivity index (χ0n) is 10.6. The summed E-state index contributed by atoms with van der Waals surface area (Å²) >= 11 is 0. The van der Waals surface area contributed by atoms with Gasteiger partial charge in [-0.1, -0.05) is 30.3 Å². The van der Waals surface area contributed by atoms with E-state index in [4.69, 9.17) is 0 Å². The van der Waals surface area contributed by atoms with Gasteiger partial charge >= 0.3 is 0 Å². The molecule has 0 saturated heterocycles. The summed E-state index contributed by atoms with van der Waals surface area (Å²) in [5, 5.41) is 6.36. The van der Waals surface area contributed by atoms with Gasteiger partial charge in [-0.15, -0.1) is 0 Å². The number of carbonyl (C=O) groups is 1. The van der Waals surface area contributed by atoms with Gasteiger partial charge in [-0.2, -0.15) is 0 Å². The van der Waals surface area contributed by atoms with Crippen molar-refractivity contribution in [1.29, 1.82) is 0 Å². The number of anilines is 2. The van der Waals surface area contributed by atoms with Crippen molar-refractivity contribution < 1.29 is 4.79 Å². The van der Waals surface area contributed by atoms with Gasteiger partial charge in [-0.05, 0) is 36.6 Å². The average Bonchev–Trinajstić information content (AvgIpc) is 2.48. The number of aryl methyl sites for hydroxylation is 1. The molecule has 1 amide bonds. The van der Waals surface area contributed by atoms with Crippen LogP contribution in [-0.2, 0) is 6.42 Å². The molecule has 96 valence electrons. The number of hydrogen-bond acceptors (Lipinski definition) is 2. The van der Waals surface area contributed by atoms with Crippen LogP contribution in [0, 0.1) is 0 Å². The number of benzene rings is 2. The number of para-hydroxylation sites is 1. The molecule has 0 aliphatic carbocycles. The lowest BCUT2D eigenvalue weighted by atomic mass is 10.0. The highest BCUT2D eigenvalue weighted by Gasteiger charge is 2.14. The number of rotatable bonds is 2. The van der Waals surface area contributed by atoms with Gasteiger partial charge < -0.3 is 10.6 Å². The molecule has 0 spiro atoms. The first-order valence-electron chi connectivity index (χ1n) is 6.57. The first-order chi connectivity index (χ1) is 9.34. The molecule has 1 aliphatic heterocycles. The van der Waals surface area contributed by atoms with Crippen LogP contribution in [0.15, 0.2) is 48.5 Å². The SMILES string of the molecule is O=C(Nc1cccc2c1NCCC2)c1ccccc1. The van der Waals surface area contributed by atoms with E-state index in [1.807, 2.05) is 42.5 Å². The monoisotopic (exact) mass is 252 g/mol. The van der Waals surface area contributed by atoms with Crippen molar-refractivity contribution >= 4 is 17.3 Å². The highest BCUT2D eigenvalue weighted by Crippen LogP contribution is 2.30. The quantitative estimate of drug-likeness (QED) is 0.861. The van der Waals surface area contributed by atoms with Crippen LogP contribution in [0.25, 0.3) is 0 Å². The minimum Gasteiger partial charge on any atom is -0.383 e. The van der Waals surface area contributed by atoms with Crippen LogP contribution in [0.3, 0.4) is 0 Å². The summed E-state index contributed by atoms with van der Waals surface area (Å²) in [6, 6.07) is 15.3. The molecule has 3 rings (SSSR count). The van der Waals surface area contributed by atoms with Gasteiger partial charge in [0.25, 0.3) is 5.91 Å². The summed E-state index contributed by atoms with van der Waals surface area (Å²) in [4.78, 5) is 12.2. The van der Waals surface area contributed by atoms with Crippen LogP contribution in [0.5, 0.6) is 0 Å². The molecule has 0 saturated carbocycles. The number of hydrogen-bond donors (Lipinski definition) is 2. The molecule has 2 aromatic carbocycles. The fourth-order valence-electron chi connectivity index (χ4n) is 2.40. The molecule has 2 N–H and O–H groups in total. The summed E-state index contributed by atoms with van der Waals surface area (Å²) in [7, 11) is 0. The van der Waals surface area contributed by atoms with Gasteiger partial charge in [-0.25, -0.2) is 0 Å². The summed E-state index contributed by atoms with van der Waals surface area (Å²) < 4.78 is 0. The lowest BCUT2D eigenvalue weighted by Gasteiger charge is -2.21. The average molecular weight is 252 g/mol. The van der Waals surface area contributed by atoms with Crippen LogP contribution in [-0.4, -0.2) is 12.5 Å². The molecule has 0 atom stereocenters. The van der Waals surface area contributed by atoms with Gasteiger partial charge in [0.2, 0.25) is 0 Å². The van der Waals surface area contributed by atoms with Crippen molar-refractivity contribution in [1.82, 2.24) is 0 Å². The van der Waals surface area contributed by atoms with Gasteiger partial charge in [0.15, 0.2) is 0 Å². The first-order valence-corrected chi connectivity index (χ1v) is 6.57. The van der Waals surface area contributed by atoms with Crippen LogP contribution in [0.4, 0.5) is 11.4 Å². The largest absolute Gasteiger partial charge is 0.383 e. The third-order valence-electron chi connectivity index (χ3n) is 3.36. The minimum absolute atomic E-state index is 0.0682. The summed E-state index contributed by atoms with van der Waals surface area (Å²) in [6.45, 7) is 0.964. The third kappa shape index (κ3) is 2.45. The Morgan fingerprint density at radius 3 is 2.74 bits per heavy atom. The lowest BCUT2D eigenvalue weighted by Crippen LogP contribution is -2.17. The van der Waals surface area contributed by atoms with E-state index in [2.05, 4.69) is 16.7 Å². The summed E-state index contributed by atoms with van der Waals surface area (Å²) in [6.07, 6.45) is 2.21. The normalized spacial score (nSPS) is 13.3. The Balaban J connectivity index is 1.86. The van der Waals surface area contributed by atoms with Gasteiger partial charge in [0.1, 0.15) is 0 Å². The molecule has 0 bridgehead atoms. The molecule has 2 aromatic rings. The standard InChI is InChI=1S/C16H16N2O/c19-16(13-6-2-1-3-7-13)18-14-10-4-8-12-9-5-11-17-15(12)14/h1-4,6-8,10,17H,5,9,11H2,(H,18,19). The number of fused-ring (bicyclic) bond motifs is 1. The minimum atomic E-state index is -0.0682. The maximum Gasteiger partial charge on any atom is 0.255 e. The second-order valence-electron chi connectivity index (χ2n) is 4.69. The molecule has 0 fully saturated rings. The summed E-state index contributed by atoms with van der Waals surface area (Å²) in [5.41, 5.74) is 3.89. The first kappa shape index (κ1) is 11.8. The maximum atomic E-state index is 12.2. The fourth-order valence-corrected chi connectivity index (χ4v) is 2.40. The third-order valence-corrected chi connectivity index (χ3v) is 3.36. The molecule has 0 aromatic heterocycles. The van der Waals surface area contributed by atoms with E-state index in [0.29, 0.717) is 5.56 Å². The predicted molar refractivity (Wildman–Crippen MR) is 77.6 cm³/mol. The summed E-state index contributed by atoms with van der Waals surface area (Å²) in [5.74, 6) is -0.0682. The van der Waals surface area contributed by atoms with Gasteiger partial charge in [0.05, 0.1) is 11.4 Å². The second kappa shape index (κ2) is 5.14. The van der Waals surface area contributed by atoms with Crippen LogP contribution in [0.2, 0.25) is 0 Å². The highest BCUT2D eigenvalue weighted by molar-refractivity contribution is 6.06. The van der Waals surface area contributed by atoms with E-state index in [0.717, 1.165) is 30.8 Å². The smallest absolute Gasteiger partial charge is 0.255 e. The van der Waals surface area contributed by atoms with Crippen molar-refractivity contribution in [2.24, 2.45) is 0 Å². The number of amides is 1. The molecule has 1 heterocycles. The molecule has 19 heavy (non-hydrogen) atoms. The Kier molecular flexibility index (Phi) is 3.19. The predicted octanol–water partition coefficient (Wildman–Crippen LogP) is 3.30. The van der Waals surface area contributed by atoms with Crippen molar-refractivity contribution in [3.63, 3.8) is 0 Å².